The molecule has 40 heavy (non-hydrogen) atoms. The minimum Gasteiger partial charge on any atom is -0.495 e. The lowest BCUT2D eigenvalue weighted by Gasteiger charge is -2.26. The molecule has 0 aliphatic rings. The molecule has 0 aliphatic carbocycles. The number of amides is 1. The number of nitrogens with one attached hydrogen (secondary N) is 1. The molecule has 0 spiro atoms. The van der Waals surface area contributed by atoms with E-state index in [0.29, 0.717) is 5.75 Å². The van der Waals surface area contributed by atoms with Gasteiger partial charge in [0.15, 0.2) is 11.5 Å². The predicted molar refractivity (Wildman–Crippen MR) is 156 cm³/mol. The Hall–Kier alpha value is -3.63. The summed E-state index contributed by atoms with van der Waals surface area (Å²) in [6, 6.07) is 16.4. The molecule has 0 fully saturated rings. The van der Waals surface area contributed by atoms with Gasteiger partial charge in [-0.15, -0.1) is 0 Å². The number of hydrogen-bond donors (Lipinski definition) is 1. The molecule has 3 rings (SSSR count). The van der Waals surface area contributed by atoms with Crippen molar-refractivity contribution in [1.29, 1.82) is 0 Å². The van der Waals surface area contributed by atoms with Gasteiger partial charge in [-0.25, -0.2) is 8.42 Å². The Bertz CT molecular complexity index is 1440. The predicted octanol–water partition coefficient (Wildman–Crippen LogP) is 5.05. The fraction of sp³-hybridized carbons (Fsp3) is 0.345. The average Bonchev–Trinajstić information content (AvgIpc) is 2.93. The number of carbonyl (C=O) groups is 1. The monoisotopic (exact) mass is 590 g/mol. The molecule has 1 amide bonds. The Morgan fingerprint density at radius 3 is 2.17 bits per heavy atom. The quantitative estimate of drug-likeness (QED) is 0.294. The van der Waals surface area contributed by atoms with Crippen LogP contribution >= 0.6 is 11.6 Å². The van der Waals surface area contributed by atoms with Crippen LogP contribution < -0.4 is 28.6 Å². The Balaban J connectivity index is 1.84. The molecule has 0 atom stereocenters. The Kier molecular flexibility index (Phi) is 10.2. The second-order valence-electron chi connectivity index (χ2n) is 9.79. The molecule has 9 nitrogen and oxygen atoms in total. The van der Waals surface area contributed by atoms with Crippen molar-refractivity contribution >= 4 is 33.2 Å². The van der Waals surface area contributed by atoms with Crippen LogP contribution in [0, 0.1) is 0 Å². The summed E-state index contributed by atoms with van der Waals surface area (Å²) >= 11 is 6.21. The molecule has 216 valence electrons. The summed E-state index contributed by atoms with van der Waals surface area (Å²) in [5.74, 6) is 0.991. The molecule has 11 heteroatoms. The largest absolute Gasteiger partial charge is 0.495 e. The van der Waals surface area contributed by atoms with Crippen molar-refractivity contribution in [2.75, 3.05) is 45.3 Å². The molecule has 0 bridgehead atoms. The van der Waals surface area contributed by atoms with Crippen LogP contribution in [0.3, 0.4) is 0 Å². The SMILES string of the molecule is COc1ccc(S(=O)(=O)N(CC(=O)NCCOc2ccccc2C(C)(C)C)c2cc(Cl)ccc2OC)cc1OC. The van der Waals surface area contributed by atoms with E-state index < -0.39 is 22.5 Å². The third-order valence-electron chi connectivity index (χ3n) is 6.02. The second-order valence-corrected chi connectivity index (χ2v) is 12.1. The van der Waals surface area contributed by atoms with Crippen LogP contribution in [0.15, 0.2) is 65.6 Å². The van der Waals surface area contributed by atoms with Crippen LogP contribution in [0.1, 0.15) is 26.3 Å². The van der Waals surface area contributed by atoms with Gasteiger partial charge < -0.3 is 24.3 Å². The van der Waals surface area contributed by atoms with Gasteiger partial charge in [-0.2, -0.15) is 0 Å². The highest BCUT2D eigenvalue weighted by Gasteiger charge is 2.30. The zero-order chi connectivity index (χ0) is 29.5. The van der Waals surface area contributed by atoms with Crippen LogP contribution in [-0.2, 0) is 20.2 Å². The van der Waals surface area contributed by atoms with E-state index in [-0.39, 0.29) is 45.7 Å². The van der Waals surface area contributed by atoms with Gasteiger partial charge in [0.1, 0.15) is 24.7 Å². The standard InChI is InChI=1S/C29H35ClN2O7S/c1-29(2,3)22-9-7-8-10-24(22)39-16-15-31-28(33)19-32(23-17-20(30)11-13-25(23)36-4)40(34,35)21-12-14-26(37-5)27(18-21)38-6/h7-14,17-18H,15-16,19H2,1-6H3,(H,31,33). The highest BCUT2D eigenvalue weighted by Crippen LogP contribution is 2.37. The molecule has 0 aliphatic heterocycles. The Morgan fingerprint density at radius 1 is 0.875 bits per heavy atom. The number of halogens is 1. The van der Waals surface area contributed by atoms with Crippen LogP contribution in [0.4, 0.5) is 5.69 Å². The maximum atomic E-state index is 13.9. The number of sulfonamides is 1. The summed E-state index contributed by atoms with van der Waals surface area (Å²) in [7, 11) is -0.0275. The van der Waals surface area contributed by atoms with Gasteiger partial charge in [-0.1, -0.05) is 50.6 Å². The fourth-order valence-corrected chi connectivity index (χ4v) is 5.62. The summed E-state index contributed by atoms with van der Waals surface area (Å²) < 4.78 is 50.6. The normalized spacial score (nSPS) is 11.5. The van der Waals surface area contributed by atoms with E-state index in [1.54, 1.807) is 6.07 Å². The number of anilines is 1. The summed E-state index contributed by atoms with van der Waals surface area (Å²) in [6.45, 7) is 6.10. The smallest absolute Gasteiger partial charge is 0.265 e. The van der Waals surface area contributed by atoms with Crippen molar-refractivity contribution in [2.24, 2.45) is 0 Å². The third-order valence-corrected chi connectivity index (χ3v) is 8.01. The topological polar surface area (TPSA) is 103 Å². The molecular weight excluding hydrogens is 556 g/mol. The molecule has 0 aromatic heterocycles. The molecular formula is C29H35ClN2O7S. The zero-order valence-corrected chi connectivity index (χ0v) is 25.1. The summed E-state index contributed by atoms with van der Waals surface area (Å²) in [6.07, 6.45) is 0. The van der Waals surface area contributed by atoms with Crippen molar-refractivity contribution in [1.82, 2.24) is 5.32 Å². The molecule has 3 aromatic rings. The van der Waals surface area contributed by atoms with E-state index in [0.717, 1.165) is 15.6 Å². The average molecular weight is 591 g/mol. The lowest BCUT2D eigenvalue weighted by atomic mass is 9.86. The maximum Gasteiger partial charge on any atom is 0.265 e. The van der Waals surface area contributed by atoms with Gasteiger partial charge in [-0.05, 0) is 47.4 Å². The minimum atomic E-state index is -4.28. The van der Waals surface area contributed by atoms with E-state index in [1.807, 2.05) is 24.3 Å². The van der Waals surface area contributed by atoms with Crippen molar-refractivity contribution in [3.63, 3.8) is 0 Å². The highest BCUT2D eigenvalue weighted by molar-refractivity contribution is 7.92. The Labute approximate surface area is 241 Å². The lowest BCUT2D eigenvalue weighted by molar-refractivity contribution is -0.119. The lowest BCUT2D eigenvalue weighted by Crippen LogP contribution is -2.42. The second kappa shape index (κ2) is 13.1. The van der Waals surface area contributed by atoms with Crippen LogP contribution in [-0.4, -0.2) is 55.4 Å². The number of methoxy groups -OCH3 is 3. The first-order valence-electron chi connectivity index (χ1n) is 12.5. The van der Waals surface area contributed by atoms with Crippen molar-refractivity contribution in [3.05, 3.63) is 71.2 Å². The van der Waals surface area contributed by atoms with Gasteiger partial charge in [0.05, 0.1) is 38.5 Å². The zero-order valence-electron chi connectivity index (χ0n) is 23.5. The number of para-hydroxylation sites is 1. The van der Waals surface area contributed by atoms with E-state index in [4.69, 9.17) is 30.5 Å². The summed E-state index contributed by atoms with van der Waals surface area (Å²) in [4.78, 5) is 12.9. The number of hydrogen-bond acceptors (Lipinski definition) is 7. The van der Waals surface area contributed by atoms with E-state index >= 15 is 0 Å². The van der Waals surface area contributed by atoms with E-state index in [1.165, 1.54) is 51.7 Å². The molecule has 0 saturated heterocycles. The molecule has 0 saturated carbocycles. The van der Waals surface area contributed by atoms with E-state index in [9.17, 15) is 13.2 Å². The van der Waals surface area contributed by atoms with Gasteiger partial charge >= 0.3 is 0 Å². The van der Waals surface area contributed by atoms with Gasteiger partial charge in [0, 0.05) is 11.1 Å². The summed E-state index contributed by atoms with van der Waals surface area (Å²) in [5.41, 5.74) is 1.03. The summed E-state index contributed by atoms with van der Waals surface area (Å²) in [5, 5.41) is 3.01. The number of ether oxygens (including phenoxy) is 4. The first kappa shape index (κ1) is 30.9. The molecule has 0 unspecified atom stereocenters. The van der Waals surface area contributed by atoms with Crippen LogP contribution in [0.25, 0.3) is 0 Å². The van der Waals surface area contributed by atoms with Crippen molar-refractivity contribution in [3.8, 4) is 23.0 Å². The maximum absolute atomic E-state index is 13.9. The fourth-order valence-electron chi connectivity index (χ4n) is 4.01. The molecule has 3 aromatic carbocycles. The van der Waals surface area contributed by atoms with Crippen molar-refractivity contribution in [2.45, 2.75) is 31.1 Å². The number of benzene rings is 3. The number of nitrogens with zero attached hydrogens (tertiary/aromatic N) is 1. The highest BCUT2D eigenvalue weighted by atomic mass is 35.5. The van der Waals surface area contributed by atoms with Crippen molar-refractivity contribution < 1.29 is 32.2 Å². The van der Waals surface area contributed by atoms with Gasteiger partial charge in [-0.3, -0.25) is 9.10 Å². The minimum absolute atomic E-state index is 0.107. The molecule has 1 N–H and O–H groups in total. The Morgan fingerprint density at radius 2 is 1.52 bits per heavy atom. The van der Waals surface area contributed by atoms with E-state index in [2.05, 4.69) is 26.1 Å². The first-order valence-corrected chi connectivity index (χ1v) is 14.3. The third kappa shape index (κ3) is 7.31. The number of rotatable bonds is 12. The molecule has 0 radical (unpaired) electrons. The number of carbonyl (C=O) groups excluding carboxylic acids is 1. The molecule has 0 heterocycles. The first-order chi connectivity index (χ1) is 18.9. The van der Waals surface area contributed by atoms with Gasteiger partial charge in [0.25, 0.3) is 10.0 Å². The van der Waals surface area contributed by atoms with Crippen LogP contribution in [0.5, 0.6) is 23.0 Å². The van der Waals surface area contributed by atoms with Crippen LogP contribution in [0.2, 0.25) is 5.02 Å². The van der Waals surface area contributed by atoms with Gasteiger partial charge in [0.2, 0.25) is 5.91 Å².